The van der Waals surface area contributed by atoms with Gasteiger partial charge in [-0.15, -0.1) is 11.3 Å². The maximum atomic E-state index is 13.4. The number of hydrogen-bond acceptors (Lipinski definition) is 5. The summed E-state index contributed by atoms with van der Waals surface area (Å²) in [4.78, 5) is 20.4. The van der Waals surface area contributed by atoms with Crippen LogP contribution in [0.15, 0.2) is 34.2 Å². The van der Waals surface area contributed by atoms with Crippen LogP contribution in [0.5, 0.6) is 5.75 Å². The second-order valence-electron chi connectivity index (χ2n) is 6.47. The Hall–Kier alpha value is -1.79. The summed E-state index contributed by atoms with van der Waals surface area (Å²) in [5.41, 5.74) is 2.10. The van der Waals surface area contributed by atoms with Gasteiger partial charge < -0.3 is 4.74 Å². The number of aryl methyl sites for hydroxylation is 1. The summed E-state index contributed by atoms with van der Waals surface area (Å²) in [5.74, 6) is 1.46. The molecule has 3 aromatic rings. The van der Waals surface area contributed by atoms with Gasteiger partial charge in [-0.25, -0.2) is 4.98 Å². The van der Waals surface area contributed by atoms with Crippen molar-refractivity contribution >= 4 is 33.3 Å². The molecule has 0 bridgehead atoms. The van der Waals surface area contributed by atoms with Crippen LogP contribution in [0.4, 0.5) is 0 Å². The summed E-state index contributed by atoms with van der Waals surface area (Å²) in [5, 5.41) is 1.55. The Kier molecular flexibility index (Phi) is 4.33. The lowest BCUT2D eigenvalue weighted by Crippen LogP contribution is -2.22. The van der Waals surface area contributed by atoms with E-state index in [-0.39, 0.29) is 5.56 Å². The first-order valence-electron chi connectivity index (χ1n) is 8.38. The molecule has 1 aromatic carbocycles. The molecule has 130 valence electrons. The molecule has 2 heterocycles. The number of hydrogen-bond donors (Lipinski definition) is 0. The van der Waals surface area contributed by atoms with E-state index in [0.29, 0.717) is 5.92 Å². The fourth-order valence-electron chi connectivity index (χ4n) is 3.47. The molecule has 2 aromatic heterocycles. The molecule has 4 nitrogen and oxygen atoms in total. The van der Waals surface area contributed by atoms with Crippen molar-refractivity contribution in [2.75, 3.05) is 13.4 Å². The molecule has 0 fully saturated rings. The number of ether oxygens (including phenoxy) is 1. The number of methoxy groups -OCH3 is 1. The largest absolute Gasteiger partial charge is 0.497 e. The second-order valence-corrected chi connectivity index (χ2v) is 8.33. The topological polar surface area (TPSA) is 44.1 Å². The predicted molar refractivity (Wildman–Crippen MR) is 105 cm³/mol. The SMILES string of the molecule is COc1ccc(-n2c(SC)nc3sc4c(c3c2=O)CC[C@H](C)C4)cc1. The van der Waals surface area contributed by atoms with Gasteiger partial charge in [0.1, 0.15) is 10.6 Å². The molecule has 0 radical (unpaired) electrons. The number of rotatable bonds is 3. The third kappa shape index (κ3) is 2.77. The molecule has 0 saturated heterocycles. The predicted octanol–water partition coefficient (Wildman–Crippen LogP) is 4.30. The fraction of sp³-hybridized carbons (Fsp3) is 0.368. The van der Waals surface area contributed by atoms with Crippen molar-refractivity contribution in [3.63, 3.8) is 0 Å². The molecule has 1 aliphatic rings. The second kappa shape index (κ2) is 6.50. The van der Waals surface area contributed by atoms with Gasteiger partial charge in [-0.2, -0.15) is 0 Å². The highest BCUT2D eigenvalue weighted by molar-refractivity contribution is 7.98. The summed E-state index contributed by atoms with van der Waals surface area (Å²) < 4.78 is 6.96. The number of aromatic nitrogens is 2. The van der Waals surface area contributed by atoms with Gasteiger partial charge in [0.15, 0.2) is 5.16 Å². The number of nitrogens with zero attached hydrogens (tertiary/aromatic N) is 2. The monoisotopic (exact) mass is 372 g/mol. The Labute approximate surface area is 154 Å². The van der Waals surface area contributed by atoms with E-state index in [1.54, 1.807) is 23.0 Å². The highest BCUT2D eigenvalue weighted by Crippen LogP contribution is 2.36. The lowest BCUT2D eigenvalue weighted by molar-refractivity contribution is 0.414. The standard InChI is InChI=1S/C19H20N2O2S2/c1-11-4-9-14-15(10-11)25-17-16(14)18(22)21(19(20-17)24-3)12-5-7-13(23-2)8-6-12/h5-8,11H,4,9-10H2,1-3H3/t11-/m0/s1. The van der Waals surface area contributed by atoms with Gasteiger partial charge in [-0.3, -0.25) is 9.36 Å². The Morgan fingerprint density at radius 2 is 2.08 bits per heavy atom. The zero-order valence-corrected chi connectivity index (χ0v) is 16.2. The number of benzene rings is 1. The molecule has 6 heteroatoms. The van der Waals surface area contributed by atoms with Crippen molar-refractivity contribution in [2.45, 2.75) is 31.3 Å². The third-order valence-electron chi connectivity index (χ3n) is 4.81. The molecular weight excluding hydrogens is 352 g/mol. The molecule has 1 aliphatic carbocycles. The minimum absolute atomic E-state index is 0.0477. The van der Waals surface area contributed by atoms with Gasteiger partial charge in [0.2, 0.25) is 0 Å². The van der Waals surface area contributed by atoms with Crippen molar-refractivity contribution in [1.29, 1.82) is 0 Å². The van der Waals surface area contributed by atoms with E-state index in [4.69, 9.17) is 9.72 Å². The van der Waals surface area contributed by atoms with E-state index < -0.39 is 0 Å². The number of fused-ring (bicyclic) bond motifs is 3. The van der Waals surface area contributed by atoms with Crippen molar-refractivity contribution < 1.29 is 4.74 Å². The number of thioether (sulfide) groups is 1. The highest BCUT2D eigenvalue weighted by Gasteiger charge is 2.24. The van der Waals surface area contributed by atoms with E-state index in [2.05, 4.69) is 6.92 Å². The average molecular weight is 373 g/mol. The lowest BCUT2D eigenvalue weighted by atomic mass is 9.89. The third-order valence-corrected chi connectivity index (χ3v) is 6.60. The Balaban J connectivity index is 1.97. The zero-order chi connectivity index (χ0) is 17.6. The lowest BCUT2D eigenvalue weighted by Gasteiger charge is -2.17. The summed E-state index contributed by atoms with van der Waals surface area (Å²) >= 11 is 3.20. The van der Waals surface area contributed by atoms with Crippen molar-refractivity contribution in [3.8, 4) is 11.4 Å². The maximum Gasteiger partial charge on any atom is 0.267 e. The van der Waals surface area contributed by atoms with Crippen LogP contribution in [0.25, 0.3) is 15.9 Å². The van der Waals surface area contributed by atoms with Gasteiger partial charge >= 0.3 is 0 Å². The van der Waals surface area contributed by atoms with Crippen LogP contribution >= 0.6 is 23.1 Å². The normalized spacial score (nSPS) is 16.8. The van der Waals surface area contributed by atoms with Crippen LogP contribution in [0.3, 0.4) is 0 Å². The molecule has 0 aliphatic heterocycles. The van der Waals surface area contributed by atoms with E-state index in [1.807, 2.05) is 30.5 Å². The van der Waals surface area contributed by atoms with Crippen LogP contribution in [-0.2, 0) is 12.8 Å². The Morgan fingerprint density at radius 1 is 1.32 bits per heavy atom. The molecule has 1 atom stereocenters. The first-order valence-corrected chi connectivity index (χ1v) is 10.4. The molecule has 0 unspecified atom stereocenters. The first-order chi connectivity index (χ1) is 12.1. The minimum Gasteiger partial charge on any atom is -0.497 e. The fourth-order valence-corrected chi connectivity index (χ4v) is 5.45. The smallest absolute Gasteiger partial charge is 0.267 e. The average Bonchev–Trinajstić information content (AvgIpc) is 2.99. The van der Waals surface area contributed by atoms with Crippen molar-refractivity contribution in [3.05, 3.63) is 45.1 Å². The summed E-state index contributed by atoms with van der Waals surface area (Å²) in [6.07, 6.45) is 5.15. The van der Waals surface area contributed by atoms with E-state index in [9.17, 15) is 4.79 Å². The minimum atomic E-state index is 0.0477. The molecular formula is C19H20N2O2S2. The summed E-state index contributed by atoms with van der Waals surface area (Å²) in [6.45, 7) is 2.28. The quantitative estimate of drug-likeness (QED) is 0.508. The van der Waals surface area contributed by atoms with Crippen LogP contribution in [0, 0.1) is 5.92 Å². The zero-order valence-electron chi connectivity index (χ0n) is 14.5. The Morgan fingerprint density at radius 3 is 2.76 bits per heavy atom. The van der Waals surface area contributed by atoms with E-state index >= 15 is 0 Å². The van der Waals surface area contributed by atoms with Crippen molar-refractivity contribution in [2.24, 2.45) is 5.92 Å². The molecule has 0 saturated carbocycles. The highest BCUT2D eigenvalue weighted by atomic mass is 32.2. The number of thiophene rings is 1. The molecule has 0 spiro atoms. The first kappa shape index (κ1) is 16.7. The van der Waals surface area contributed by atoms with Gasteiger partial charge in [0.05, 0.1) is 18.2 Å². The van der Waals surface area contributed by atoms with Gasteiger partial charge in [-0.1, -0.05) is 18.7 Å². The molecule has 25 heavy (non-hydrogen) atoms. The van der Waals surface area contributed by atoms with Crippen LogP contribution in [0.2, 0.25) is 0 Å². The van der Waals surface area contributed by atoms with Crippen LogP contribution in [-0.4, -0.2) is 22.9 Å². The van der Waals surface area contributed by atoms with E-state index in [1.165, 1.54) is 22.2 Å². The molecule has 0 N–H and O–H groups in total. The molecule has 0 amide bonds. The summed E-state index contributed by atoms with van der Waals surface area (Å²) in [6, 6.07) is 7.57. The maximum absolute atomic E-state index is 13.4. The van der Waals surface area contributed by atoms with E-state index in [0.717, 1.165) is 46.1 Å². The molecule has 4 rings (SSSR count). The van der Waals surface area contributed by atoms with Gasteiger partial charge in [0.25, 0.3) is 5.56 Å². The van der Waals surface area contributed by atoms with Crippen molar-refractivity contribution in [1.82, 2.24) is 9.55 Å². The van der Waals surface area contributed by atoms with Gasteiger partial charge in [0, 0.05) is 4.88 Å². The van der Waals surface area contributed by atoms with Gasteiger partial charge in [-0.05, 0) is 61.3 Å². The Bertz CT molecular complexity index is 989. The summed E-state index contributed by atoms with van der Waals surface area (Å²) in [7, 11) is 1.64. The van der Waals surface area contributed by atoms with Crippen LogP contribution in [0.1, 0.15) is 23.8 Å². The van der Waals surface area contributed by atoms with Crippen LogP contribution < -0.4 is 10.3 Å².